The molecular formula is C14H19NO3S. The normalized spacial score (nSPS) is 22.5. The molecule has 1 aromatic rings. The molecule has 1 saturated heterocycles. The second-order valence-electron chi connectivity index (χ2n) is 5.69. The van der Waals surface area contributed by atoms with Gasteiger partial charge in [-0.3, -0.25) is 4.79 Å². The zero-order valence-corrected chi connectivity index (χ0v) is 12.4. The quantitative estimate of drug-likeness (QED) is 0.795. The minimum Gasteiger partial charge on any atom is -0.332 e. The van der Waals surface area contributed by atoms with Crippen LogP contribution in [0.25, 0.3) is 0 Å². The number of nitrogens with zero attached hydrogens (tertiary/aromatic N) is 1. The molecule has 0 spiro atoms. The maximum Gasteiger partial charge on any atom is 0.244 e. The van der Waals surface area contributed by atoms with Crippen molar-refractivity contribution in [3.05, 3.63) is 30.3 Å². The third kappa shape index (κ3) is 1.96. The monoisotopic (exact) mass is 281 g/mol. The van der Waals surface area contributed by atoms with Gasteiger partial charge in [-0.25, -0.2) is 8.42 Å². The van der Waals surface area contributed by atoms with Crippen LogP contribution in [0.4, 0.5) is 0 Å². The molecule has 4 nitrogen and oxygen atoms in total. The Labute approximate surface area is 114 Å². The molecule has 0 N–H and O–H groups in total. The van der Waals surface area contributed by atoms with Gasteiger partial charge in [0.1, 0.15) is 0 Å². The van der Waals surface area contributed by atoms with Gasteiger partial charge in [0.05, 0.1) is 10.4 Å². The molecule has 104 valence electrons. The Kier molecular flexibility index (Phi) is 3.21. The van der Waals surface area contributed by atoms with E-state index < -0.39 is 20.6 Å². The zero-order valence-electron chi connectivity index (χ0n) is 11.6. The lowest BCUT2D eigenvalue weighted by Crippen LogP contribution is -2.75. The molecule has 5 heteroatoms. The molecule has 1 atom stereocenters. The van der Waals surface area contributed by atoms with Crippen molar-refractivity contribution in [3.63, 3.8) is 0 Å². The van der Waals surface area contributed by atoms with E-state index in [-0.39, 0.29) is 16.8 Å². The Hall–Kier alpha value is -1.36. The SMILES string of the molecule is CC(C)N1C(=O)[C@@H](S(=O)(=O)c2ccccc2)C1(C)C. The van der Waals surface area contributed by atoms with E-state index in [9.17, 15) is 13.2 Å². The molecular weight excluding hydrogens is 262 g/mol. The van der Waals surface area contributed by atoms with E-state index in [0.29, 0.717) is 0 Å². The number of carbonyl (C=O) groups is 1. The number of rotatable bonds is 3. The summed E-state index contributed by atoms with van der Waals surface area (Å²) in [5, 5.41) is -0.982. The van der Waals surface area contributed by atoms with Gasteiger partial charge < -0.3 is 4.90 Å². The van der Waals surface area contributed by atoms with Crippen molar-refractivity contribution >= 4 is 15.7 Å². The zero-order chi connectivity index (χ0) is 14.4. The molecule has 1 heterocycles. The predicted molar refractivity (Wildman–Crippen MR) is 73.5 cm³/mol. The highest BCUT2D eigenvalue weighted by atomic mass is 32.2. The van der Waals surface area contributed by atoms with E-state index in [0.717, 1.165) is 0 Å². The number of β-lactam (4-membered cyclic amide) rings is 1. The summed E-state index contributed by atoms with van der Waals surface area (Å²) in [7, 11) is -3.62. The summed E-state index contributed by atoms with van der Waals surface area (Å²) < 4.78 is 25.1. The van der Waals surface area contributed by atoms with Crippen LogP contribution in [0.5, 0.6) is 0 Å². The number of sulfone groups is 1. The first kappa shape index (κ1) is 14.1. The van der Waals surface area contributed by atoms with E-state index in [1.54, 1.807) is 36.9 Å². The molecule has 2 rings (SSSR count). The molecule has 0 radical (unpaired) electrons. The summed E-state index contributed by atoms with van der Waals surface area (Å²) in [6.07, 6.45) is 0. The van der Waals surface area contributed by atoms with Crippen molar-refractivity contribution in [1.82, 2.24) is 4.90 Å². The van der Waals surface area contributed by atoms with Gasteiger partial charge in [0, 0.05) is 6.04 Å². The van der Waals surface area contributed by atoms with Gasteiger partial charge in [0.2, 0.25) is 5.91 Å². The van der Waals surface area contributed by atoms with E-state index in [1.165, 1.54) is 12.1 Å². The van der Waals surface area contributed by atoms with Crippen LogP contribution in [0.15, 0.2) is 35.2 Å². The number of likely N-dealkylation sites (tertiary alicyclic amines) is 1. The van der Waals surface area contributed by atoms with E-state index in [4.69, 9.17) is 0 Å². The second-order valence-corrected chi connectivity index (χ2v) is 7.73. The van der Waals surface area contributed by atoms with Crippen molar-refractivity contribution in [2.24, 2.45) is 0 Å². The van der Waals surface area contributed by atoms with Crippen LogP contribution in [0.2, 0.25) is 0 Å². The highest BCUT2D eigenvalue weighted by Crippen LogP contribution is 2.40. The maximum atomic E-state index is 12.6. The average Bonchev–Trinajstić information content (AvgIpc) is 2.27. The number of hydrogen-bond donors (Lipinski definition) is 0. The molecule has 1 aliphatic rings. The van der Waals surface area contributed by atoms with Crippen molar-refractivity contribution < 1.29 is 13.2 Å². The van der Waals surface area contributed by atoms with Gasteiger partial charge in [-0.05, 0) is 39.8 Å². The van der Waals surface area contributed by atoms with Crippen molar-refractivity contribution in [1.29, 1.82) is 0 Å². The van der Waals surface area contributed by atoms with E-state index in [2.05, 4.69) is 0 Å². The van der Waals surface area contributed by atoms with Crippen molar-refractivity contribution in [3.8, 4) is 0 Å². The molecule has 1 amide bonds. The minimum atomic E-state index is -3.62. The Morgan fingerprint density at radius 2 is 1.68 bits per heavy atom. The van der Waals surface area contributed by atoms with Gasteiger partial charge in [-0.2, -0.15) is 0 Å². The topological polar surface area (TPSA) is 54.5 Å². The average molecular weight is 281 g/mol. The number of carbonyl (C=O) groups excluding carboxylic acids is 1. The van der Waals surface area contributed by atoms with Crippen LogP contribution in [0.3, 0.4) is 0 Å². The lowest BCUT2D eigenvalue weighted by atomic mass is 9.85. The minimum absolute atomic E-state index is 0.00437. The molecule has 1 aromatic carbocycles. The van der Waals surface area contributed by atoms with Gasteiger partial charge >= 0.3 is 0 Å². The molecule has 1 aliphatic heterocycles. The van der Waals surface area contributed by atoms with Crippen LogP contribution < -0.4 is 0 Å². The summed E-state index contributed by atoms with van der Waals surface area (Å²) >= 11 is 0. The summed E-state index contributed by atoms with van der Waals surface area (Å²) in [4.78, 5) is 14.0. The van der Waals surface area contributed by atoms with Crippen LogP contribution in [0, 0.1) is 0 Å². The summed E-state index contributed by atoms with van der Waals surface area (Å²) in [6.45, 7) is 7.40. The Balaban J connectivity index is 2.42. The second kappa shape index (κ2) is 4.34. The van der Waals surface area contributed by atoms with Gasteiger partial charge in [0.25, 0.3) is 0 Å². The van der Waals surface area contributed by atoms with Gasteiger partial charge in [-0.1, -0.05) is 18.2 Å². The molecule has 0 aliphatic carbocycles. The van der Waals surface area contributed by atoms with Crippen molar-refractivity contribution in [2.45, 2.75) is 49.4 Å². The molecule has 1 fully saturated rings. The lowest BCUT2D eigenvalue weighted by molar-refractivity contribution is -0.155. The fraction of sp³-hybridized carbons (Fsp3) is 0.500. The first-order chi connectivity index (χ1) is 8.70. The molecule has 0 bridgehead atoms. The number of benzene rings is 1. The number of hydrogen-bond acceptors (Lipinski definition) is 3. The van der Waals surface area contributed by atoms with Crippen LogP contribution in [0.1, 0.15) is 27.7 Å². The largest absolute Gasteiger partial charge is 0.332 e. The van der Waals surface area contributed by atoms with E-state index >= 15 is 0 Å². The van der Waals surface area contributed by atoms with Crippen LogP contribution >= 0.6 is 0 Å². The Morgan fingerprint density at radius 1 is 1.16 bits per heavy atom. The fourth-order valence-electron chi connectivity index (χ4n) is 2.95. The van der Waals surface area contributed by atoms with Crippen LogP contribution in [-0.4, -0.2) is 36.1 Å². The lowest BCUT2D eigenvalue weighted by Gasteiger charge is -2.55. The molecule has 0 unspecified atom stereocenters. The van der Waals surface area contributed by atoms with Crippen LogP contribution in [-0.2, 0) is 14.6 Å². The maximum absolute atomic E-state index is 12.6. The van der Waals surface area contributed by atoms with Gasteiger partial charge in [-0.15, -0.1) is 0 Å². The van der Waals surface area contributed by atoms with Gasteiger partial charge in [0.15, 0.2) is 15.1 Å². The molecule has 19 heavy (non-hydrogen) atoms. The third-order valence-electron chi connectivity index (χ3n) is 3.62. The first-order valence-electron chi connectivity index (χ1n) is 6.33. The predicted octanol–water partition coefficient (Wildman–Crippen LogP) is 1.86. The third-order valence-corrected chi connectivity index (χ3v) is 5.95. The highest BCUT2D eigenvalue weighted by Gasteiger charge is 2.61. The fourth-order valence-corrected chi connectivity index (χ4v) is 5.01. The standard InChI is InChI=1S/C14H19NO3S/c1-10(2)15-13(16)12(14(15,3)4)19(17,18)11-8-6-5-7-9-11/h5-10,12H,1-4H3/t12-/m1/s1. The Morgan fingerprint density at radius 3 is 2.11 bits per heavy atom. The summed E-state index contributed by atoms with van der Waals surface area (Å²) in [5.41, 5.74) is -0.667. The highest BCUT2D eigenvalue weighted by molar-refractivity contribution is 7.93. The first-order valence-corrected chi connectivity index (χ1v) is 7.87. The number of amides is 1. The van der Waals surface area contributed by atoms with E-state index in [1.807, 2.05) is 13.8 Å². The molecule has 0 saturated carbocycles. The Bertz CT molecular complexity index is 590. The van der Waals surface area contributed by atoms with Crippen molar-refractivity contribution in [2.75, 3.05) is 0 Å². The smallest absolute Gasteiger partial charge is 0.244 e. The summed E-state index contributed by atoms with van der Waals surface area (Å²) in [5.74, 6) is -0.302. The summed E-state index contributed by atoms with van der Waals surface area (Å²) in [6, 6.07) is 8.18. The molecule has 0 aromatic heterocycles.